The Balaban J connectivity index is 1.61. The minimum absolute atomic E-state index is 0.143. The molecule has 0 fully saturated rings. The maximum Gasteiger partial charge on any atom is 0.251 e. The van der Waals surface area contributed by atoms with Crippen LogP contribution in [0.1, 0.15) is 15.9 Å². The number of pyridine rings is 1. The van der Waals surface area contributed by atoms with Crippen LogP contribution in [0.4, 0.5) is 0 Å². The summed E-state index contributed by atoms with van der Waals surface area (Å²) in [6.45, 7) is 0.439. The molecule has 0 bridgehead atoms. The largest absolute Gasteiger partial charge is 0.348 e. The van der Waals surface area contributed by atoms with Crippen LogP contribution in [0.3, 0.4) is 0 Å². The molecule has 1 N–H and O–H groups in total. The zero-order valence-corrected chi connectivity index (χ0v) is 12.8. The molecule has 2 heterocycles. The molecule has 5 nitrogen and oxygen atoms in total. The maximum absolute atomic E-state index is 12.3. The summed E-state index contributed by atoms with van der Waals surface area (Å²) in [5.74, 6) is -0.143. The van der Waals surface area contributed by atoms with E-state index in [0.717, 1.165) is 22.1 Å². The predicted molar refractivity (Wildman–Crippen MR) is 92.5 cm³/mol. The van der Waals surface area contributed by atoms with E-state index in [1.54, 1.807) is 24.5 Å². The second kappa shape index (κ2) is 6.04. The monoisotopic (exact) mass is 314 g/mol. The molecular weight excluding hydrogens is 300 g/mol. The van der Waals surface area contributed by atoms with Crippen LogP contribution in [0.5, 0.6) is 0 Å². The van der Waals surface area contributed by atoms with Crippen molar-refractivity contribution >= 4 is 28.0 Å². The summed E-state index contributed by atoms with van der Waals surface area (Å²) >= 11 is 0. The van der Waals surface area contributed by atoms with Gasteiger partial charge in [-0.1, -0.05) is 18.2 Å². The fourth-order valence-corrected chi connectivity index (χ4v) is 2.55. The Morgan fingerprint density at radius 1 is 0.875 bits per heavy atom. The highest BCUT2D eigenvalue weighted by Crippen LogP contribution is 2.17. The van der Waals surface area contributed by atoms with E-state index in [1.807, 2.05) is 42.5 Å². The molecule has 2 aromatic carbocycles. The number of carbonyl (C=O) groups is 1. The minimum atomic E-state index is -0.143. The van der Waals surface area contributed by atoms with Gasteiger partial charge < -0.3 is 5.32 Å². The summed E-state index contributed by atoms with van der Waals surface area (Å²) in [5, 5.41) is 2.89. The summed E-state index contributed by atoms with van der Waals surface area (Å²) < 4.78 is 0. The first-order chi connectivity index (χ1) is 11.8. The zero-order chi connectivity index (χ0) is 16.4. The first kappa shape index (κ1) is 14.3. The number of carbonyl (C=O) groups excluding carboxylic acids is 1. The van der Waals surface area contributed by atoms with Gasteiger partial charge in [-0.15, -0.1) is 0 Å². The lowest BCUT2D eigenvalue weighted by Crippen LogP contribution is -2.22. The van der Waals surface area contributed by atoms with Crippen molar-refractivity contribution in [3.8, 4) is 0 Å². The molecule has 0 aliphatic carbocycles. The molecule has 0 unspecified atom stereocenters. The van der Waals surface area contributed by atoms with E-state index in [-0.39, 0.29) is 5.91 Å². The summed E-state index contributed by atoms with van der Waals surface area (Å²) in [6, 6.07) is 16.8. The molecule has 2 aromatic heterocycles. The Hall–Kier alpha value is -3.34. The molecular formula is C19H14N4O. The Morgan fingerprint density at radius 2 is 1.62 bits per heavy atom. The first-order valence-corrected chi connectivity index (χ1v) is 7.63. The number of amides is 1. The molecule has 0 radical (unpaired) electrons. The number of para-hydroxylation sites is 2. The molecule has 4 aromatic rings. The summed E-state index contributed by atoms with van der Waals surface area (Å²) in [4.78, 5) is 25.5. The van der Waals surface area contributed by atoms with Gasteiger partial charge >= 0.3 is 0 Å². The van der Waals surface area contributed by atoms with Gasteiger partial charge in [-0.05, 0) is 42.0 Å². The molecule has 24 heavy (non-hydrogen) atoms. The molecule has 0 saturated heterocycles. The molecule has 5 heteroatoms. The van der Waals surface area contributed by atoms with Crippen molar-refractivity contribution in [1.82, 2.24) is 20.3 Å². The average molecular weight is 314 g/mol. The van der Waals surface area contributed by atoms with Crippen LogP contribution in [0.15, 0.2) is 67.0 Å². The Labute approximate surface area is 138 Å². The van der Waals surface area contributed by atoms with E-state index in [9.17, 15) is 4.79 Å². The van der Waals surface area contributed by atoms with Gasteiger partial charge in [0.15, 0.2) is 0 Å². The van der Waals surface area contributed by atoms with Crippen LogP contribution in [0, 0.1) is 0 Å². The second-order valence-electron chi connectivity index (χ2n) is 5.46. The quantitative estimate of drug-likeness (QED) is 0.590. The summed E-state index contributed by atoms with van der Waals surface area (Å²) in [7, 11) is 0. The van der Waals surface area contributed by atoms with Gasteiger partial charge in [0.1, 0.15) is 0 Å². The van der Waals surface area contributed by atoms with Gasteiger partial charge in [-0.3, -0.25) is 9.78 Å². The van der Waals surface area contributed by atoms with Crippen molar-refractivity contribution in [1.29, 1.82) is 0 Å². The number of fused-ring (bicyclic) bond motifs is 2. The van der Waals surface area contributed by atoms with Crippen LogP contribution in [-0.2, 0) is 6.54 Å². The molecule has 4 rings (SSSR count). The normalized spacial score (nSPS) is 10.8. The average Bonchev–Trinajstić information content (AvgIpc) is 2.64. The Bertz CT molecular complexity index is 1030. The highest BCUT2D eigenvalue weighted by atomic mass is 16.1. The lowest BCUT2D eigenvalue weighted by atomic mass is 10.1. The van der Waals surface area contributed by atoms with Crippen molar-refractivity contribution in [2.24, 2.45) is 0 Å². The van der Waals surface area contributed by atoms with E-state index < -0.39 is 0 Å². The molecule has 0 aliphatic rings. The number of rotatable bonds is 3. The molecule has 116 valence electrons. The van der Waals surface area contributed by atoms with Gasteiger partial charge in [-0.2, -0.15) is 0 Å². The van der Waals surface area contributed by atoms with E-state index in [2.05, 4.69) is 20.3 Å². The van der Waals surface area contributed by atoms with E-state index >= 15 is 0 Å². The molecule has 0 atom stereocenters. The van der Waals surface area contributed by atoms with E-state index in [0.29, 0.717) is 17.6 Å². The Kier molecular flexibility index (Phi) is 3.59. The number of nitrogens with zero attached hydrogens (tertiary/aromatic N) is 3. The number of hydrogen-bond acceptors (Lipinski definition) is 4. The lowest BCUT2D eigenvalue weighted by Gasteiger charge is -2.06. The maximum atomic E-state index is 12.3. The molecule has 0 aliphatic heterocycles. The summed E-state index contributed by atoms with van der Waals surface area (Å²) in [6.07, 6.45) is 3.44. The topological polar surface area (TPSA) is 67.8 Å². The van der Waals surface area contributed by atoms with Crippen molar-refractivity contribution in [3.63, 3.8) is 0 Å². The molecule has 0 spiro atoms. The highest BCUT2D eigenvalue weighted by molar-refractivity contribution is 5.98. The van der Waals surface area contributed by atoms with Crippen LogP contribution in [0.25, 0.3) is 22.1 Å². The minimum Gasteiger partial charge on any atom is -0.348 e. The molecule has 1 amide bonds. The highest BCUT2D eigenvalue weighted by Gasteiger charge is 2.08. The molecule has 0 saturated carbocycles. The fourth-order valence-electron chi connectivity index (χ4n) is 2.55. The van der Waals surface area contributed by atoms with Gasteiger partial charge in [0.25, 0.3) is 5.91 Å². The van der Waals surface area contributed by atoms with Crippen molar-refractivity contribution in [2.45, 2.75) is 6.54 Å². The Morgan fingerprint density at radius 3 is 2.38 bits per heavy atom. The third-order valence-electron chi connectivity index (χ3n) is 3.78. The fraction of sp³-hybridized carbons (Fsp3) is 0.0526. The summed E-state index contributed by atoms with van der Waals surface area (Å²) in [5.41, 5.74) is 4.67. The van der Waals surface area contributed by atoms with Crippen molar-refractivity contribution in [2.75, 3.05) is 0 Å². The third-order valence-corrected chi connectivity index (χ3v) is 3.78. The van der Waals surface area contributed by atoms with Gasteiger partial charge in [0.2, 0.25) is 0 Å². The lowest BCUT2D eigenvalue weighted by molar-refractivity contribution is 0.0951. The predicted octanol–water partition coefficient (Wildman–Crippen LogP) is 3.11. The van der Waals surface area contributed by atoms with Crippen molar-refractivity contribution < 1.29 is 4.79 Å². The number of hydrogen-bond donors (Lipinski definition) is 1. The smallest absolute Gasteiger partial charge is 0.251 e. The zero-order valence-electron chi connectivity index (χ0n) is 12.8. The van der Waals surface area contributed by atoms with Crippen LogP contribution < -0.4 is 5.32 Å². The van der Waals surface area contributed by atoms with E-state index in [1.165, 1.54) is 0 Å². The van der Waals surface area contributed by atoms with E-state index in [4.69, 9.17) is 0 Å². The van der Waals surface area contributed by atoms with Gasteiger partial charge in [0.05, 0.1) is 22.1 Å². The SMILES string of the molecule is O=C(NCc1cccnc1)c1ccc2nc3ccccc3nc2c1. The van der Waals surface area contributed by atoms with Crippen molar-refractivity contribution in [3.05, 3.63) is 78.1 Å². The third kappa shape index (κ3) is 2.79. The number of nitrogens with one attached hydrogen (secondary N) is 1. The number of aromatic nitrogens is 3. The standard InChI is InChI=1S/C19H14N4O/c24-19(21-12-13-4-3-9-20-11-13)14-7-8-17-18(10-14)23-16-6-2-1-5-15(16)22-17/h1-11H,12H2,(H,21,24). The first-order valence-electron chi connectivity index (χ1n) is 7.63. The van der Waals surface area contributed by atoms with Gasteiger partial charge in [0, 0.05) is 24.5 Å². The van der Waals surface area contributed by atoms with Gasteiger partial charge in [-0.25, -0.2) is 9.97 Å². The van der Waals surface area contributed by atoms with Crippen LogP contribution in [0.2, 0.25) is 0 Å². The van der Waals surface area contributed by atoms with Crippen LogP contribution in [-0.4, -0.2) is 20.9 Å². The van der Waals surface area contributed by atoms with Crippen LogP contribution >= 0.6 is 0 Å². The second-order valence-corrected chi connectivity index (χ2v) is 5.46. The number of benzene rings is 2.